The van der Waals surface area contributed by atoms with Crippen molar-refractivity contribution in [2.24, 2.45) is 5.92 Å². The predicted octanol–water partition coefficient (Wildman–Crippen LogP) is 5.77. The van der Waals surface area contributed by atoms with Gasteiger partial charge in [-0.2, -0.15) is 0 Å². The Morgan fingerprint density at radius 2 is 1.74 bits per heavy atom. The number of aromatic nitrogens is 1. The highest BCUT2D eigenvalue weighted by Crippen LogP contribution is 2.47. The Morgan fingerprint density at radius 1 is 1.08 bits per heavy atom. The van der Waals surface area contributed by atoms with Crippen LogP contribution in [0.4, 0.5) is 0 Å². The minimum atomic E-state index is -1.14. The van der Waals surface area contributed by atoms with Crippen molar-refractivity contribution in [2.75, 3.05) is 13.1 Å². The number of benzene rings is 2. The zero-order chi connectivity index (χ0) is 27.2. The SMILES string of the molecule is CC(=O)N1CCC(C(C)(O)c2ccc3c(c2)C(=O)N(Cc2ccc(Cl)cn2)C3(C)c2ccc(Cl)cc2)CC1. The third-order valence-corrected chi connectivity index (χ3v) is 8.87. The molecule has 198 valence electrons. The highest BCUT2D eigenvalue weighted by molar-refractivity contribution is 6.30. The highest BCUT2D eigenvalue weighted by Gasteiger charge is 2.48. The monoisotopic (exact) mass is 551 g/mol. The second-order valence-electron chi connectivity index (χ2n) is 10.6. The quantitative estimate of drug-likeness (QED) is 0.436. The molecular weight excluding hydrogens is 521 g/mol. The summed E-state index contributed by atoms with van der Waals surface area (Å²) in [7, 11) is 0. The van der Waals surface area contributed by atoms with Crippen LogP contribution in [0.25, 0.3) is 0 Å². The van der Waals surface area contributed by atoms with Crippen LogP contribution in [0.1, 0.15) is 66.4 Å². The fraction of sp³-hybridized carbons (Fsp3) is 0.367. The highest BCUT2D eigenvalue weighted by atomic mass is 35.5. The third kappa shape index (κ3) is 4.59. The maximum Gasteiger partial charge on any atom is 0.255 e. The summed E-state index contributed by atoms with van der Waals surface area (Å²) in [5.74, 6) is -0.0918. The van der Waals surface area contributed by atoms with E-state index in [4.69, 9.17) is 23.2 Å². The molecule has 2 aliphatic rings. The Bertz CT molecular complexity index is 1370. The maximum atomic E-state index is 14.0. The molecule has 2 unspecified atom stereocenters. The average Bonchev–Trinajstić information content (AvgIpc) is 3.12. The van der Waals surface area contributed by atoms with Gasteiger partial charge in [-0.05, 0) is 79.6 Å². The van der Waals surface area contributed by atoms with E-state index in [0.29, 0.717) is 53.6 Å². The van der Waals surface area contributed by atoms with Crippen LogP contribution in [0.2, 0.25) is 10.0 Å². The van der Waals surface area contributed by atoms with Gasteiger partial charge in [-0.3, -0.25) is 14.6 Å². The first kappa shape index (κ1) is 26.7. The molecule has 2 amide bonds. The van der Waals surface area contributed by atoms with Crippen LogP contribution in [0.15, 0.2) is 60.8 Å². The van der Waals surface area contributed by atoms with E-state index in [1.165, 1.54) is 0 Å². The zero-order valence-corrected chi connectivity index (χ0v) is 23.3. The van der Waals surface area contributed by atoms with Gasteiger partial charge in [0.1, 0.15) is 0 Å². The predicted molar refractivity (Wildman–Crippen MR) is 148 cm³/mol. The summed E-state index contributed by atoms with van der Waals surface area (Å²) in [6.45, 7) is 6.96. The molecule has 38 heavy (non-hydrogen) atoms. The lowest BCUT2D eigenvalue weighted by Crippen LogP contribution is -2.43. The molecule has 0 saturated carbocycles. The van der Waals surface area contributed by atoms with E-state index in [0.717, 1.165) is 16.8 Å². The van der Waals surface area contributed by atoms with E-state index >= 15 is 0 Å². The number of hydrogen-bond donors (Lipinski definition) is 1. The van der Waals surface area contributed by atoms with E-state index < -0.39 is 11.1 Å². The molecule has 5 rings (SSSR count). The zero-order valence-electron chi connectivity index (χ0n) is 21.7. The van der Waals surface area contributed by atoms with Crippen molar-refractivity contribution in [2.45, 2.75) is 51.3 Å². The molecular formula is C30H31Cl2N3O3. The Kier molecular flexibility index (Phi) is 7.01. The normalized spacial score (nSPS) is 21.4. The first-order valence-corrected chi connectivity index (χ1v) is 13.6. The van der Waals surface area contributed by atoms with Gasteiger partial charge in [0.05, 0.1) is 28.4 Å². The molecule has 1 aromatic heterocycles. The lowest BCUT2D eigenvalue weighted by molar-refractivity contribution is -0.132. The van der Waals surface area contributed by atoms with Crippen molar-refractivity contribution < 1.29 is 14.7 Å². The molecule has 1 N–H and O–H groups in total. The maximum absolute atomic E-state index is 14.0. The van der Waals surface area contributed by atoms with Crippen molar-refractivity contribution >= 4 is 35.0 Å². The van der Waals surface area contributed by atoms with E-state index in [9.17, 15) is 14.7 Å². The molecule has 3 aromatic rings. The van der Waals surface area contributed by atoms with Crippen molar-refractivity contribution in [1.29, 1.82) is 0 Å². The molecule has 6 nitrogen and oxygen atoms in total. The van der Waals surface area contributed by atoms with Crippen molar-refractivity contribution in [1.82, 2.24) is 14.8 Å². The second-order valence-corrected chi connectivity index (χ2v) is 11.5. The van der Waals surface area contributed by atoms with Gasteiger partial charge in [-0.25, -0.2) is 0 Å². The largest absolute Gasteiger partial charge is 0.385 e. The second kappa shape index (κ2) is 9.99. The standard InChI is InChI=1S/C30H31Cl2N3O3/c1-19(36)34-14-12-21(13-15-34)30(3,38)22-6-11-27-26(16-22)28(37)35(18-25-10-9-24(32)17-33-25)29(27,2)20-4-7-23(31)8-5-20/h4-11,16-17,21,38H,12-15,18H2,1-3H3. The summed E-state index contributed by atoms with van der Waals surface area (Å²) in [6.07, 6.45) is 2.99. The summed E-state index contributed by atoms with van der Waals surface area (Å²) >= 11 is 12.2. The van der Waals surface area contributed by atoms with Crippen LogP contribution in [0.3, 0.4) is 0 Å². The number of likely N-dealkylation sites (tertiary alicyclic amines) is 1. The van der Waals surface area contributed by atoms with Gasteiger partial charge >= 0.3 is 0 Å². The minimum Gasteiger partial charge on any atom is -0.385 e. The van der Waals surface area contributed by atoms with Gasteiger partial charge in [0.2, 0.25) is 5.91 Å². The Morgan fingerprint density at radius 3 is 2.34 bits per heavy atom. The van der Waals surface area contributed by atoms with E-state index in [-0.39, 0.29) is 17.7 Å². The number of piperidine rings is 1. The van der Waals surface area contributed by atoms with Crippen LogP contribution >= 0.6 is 23.2 Å². The number of halogens is 2. The fourth-order valence-corrected chi connectivity index (χ4v) is 6.16. The molecule has 8 heteroatoms. The van der Waals surface area contributed by atoms with Gasteiger partial charge in [-0.15, -0.1) is 0 Å². The summed E-state index contributed by atoms with van der Waals surface area (Å²) in [4.78, 5) is 33.9. The number of pyridine rings is 1. The first-order chi connectivity index (χ1) is 18.0. The number of hydrogen-bond acceptors (Lipinski definition) is 4. The number of fused-ring (bicyclic) bond motifs is 1. The average molecular weight is 553 g/mol. The molecule has 2 aromatic carbocycles. The summed E-state index contributed by atoms with van der Waals surface area (Å²) in [5.41, 5.74) is 1.88. The van der Waals surface area contributed by atoms with Crippen LogP contribution in [0, 0.1) is 5.92 Å². The third-order valence-electron chi connectivity index (χ3n) is 8.39. The van der Waals surface area contributed by atoms with Crippen LogP contribution < -0.4 is 0 Å². The number of rotatable bonds is 5. The molecule has 0 aliphatic carbocycles. The van der Waals surface area contributed by atoms with Gasteiger partial charge in [0.15, 0.2) is 0 Å². The van der Waals surface area contributed by atoms with Crippen LogP contribution in [-0.2, 0) is 22.5 Å². The smallest absolute Gasteiger partial charge is 0.255 e. The van der Waals surface area contributed by atoms with Gasteiger partial charge in [-0.1, -0.05) is 47.5 Å². The Labute approximate surface area is 233 Å². The Balaban J connectivity index is 1.53. The van der Waals surface area contributed by atoms with Crippen LogP contribution in [0.5, 0.6) is 0 Å². The molecule has 0 bridgehead atoms. The number of nitrogens with zero attached hydrogens (tertiary/aromatic N) is 3. The molecule has 1 saturated heterocycles. The van der Waals surface area contributed by atoms with Gasteiger partial charge < -0.3 is 14.9 Å². The number of carbonyl (C=O) groups excluding carboxylic acids is 2. The molecule has 0 spiro atoms. The molecule has 3 heterocycles. The summed E-state index contributed by atoms with van der Waals surface area (Å²) in [6, 6.07) is 16.9. The van der Waals surface area contributed by atoms with Crippen molar-refractivity contribution in [3.8, 4) is 0 Å². The van der Waals surface area contributed by atoms with Crippen molar-refractivity contribution in [3.63, 3.8) is 0 Å². The molecule has 1 fully saturated rings. The van der Waals surface area contributed by atoms with Gasteiger partial charge in [0.25, 0.3) is 5.91 Å². The van der Waals surface area contributed by atoms with E-state index in [1.807, 2.05) is 72.2 Å². The molecule has 2 atom stereocenters. The number of carbonyl (C=O) groups is 2. The number of aliphatic hydroxyl groups is 1. The summed E-state index contributed by atoms with van der Waals surface area (Å²) in [5, 5.41) is 12.8. The topological polar surface area (TPSA) is 73.7 Å². The molecule has 0 radical (unpaired) electrons. The van der Waals surface area contributed by atoms with Crippen molar-refractivity contribution in [3.05, 3.63) is 98.8 Å². The minimum absolute atomic E-state index is 0.0234. The first-order valence-electron chi connectivity index (χ1n) is 12.8. The lowest BCUT2D eigenvalue weighted by atomic mass is 9.76. The summed E-state index contributed by atoms with van der Waals surface area (Å²) < 4.78 is 0. The number of amides is 2. The van der Waals surface area contributed by atoms with E-state index in [1.54, 1.807) is 19.2 Å². The van der Waals surface area contributed by atoms with Crippen LogP contribution in [-0.4, -0.2) is 44.8 Å². The lowest BCUT2D eigenvalue weighted by Gasteiger charge is -2.40. The Hall–Kier alpha value is -2.93. The van der Waals surface area contributed by atoms with Gasteiger partial charge in [0, 0.05) is 36.8 Å². The fourth-order valence-electron chi connectivity index (χ4n) is 5.92. The van der Waals surface area contributed by atoms with E-state index in [2.05, 4.69) is 4.98 Å². The molecule has 2 aliphatic heterocycles.